The molecule has 0 unspecified atom stereocenters. The summed E-state index contributed by atoms with van der Waals surface area (Å²) in [6, 6.07) is 7.74. The molecule has 2 aromatic heterocycles. The quantitative estimate of drug-likeness (QED) is 0.780. The van der Waals surface area contributed by atoms with Crippen LogP contribution >= 0.6 is 22.9 Å². The van der Waals surface area contributed by atoms with Crippen LogP contribution in [0.25, 0.3) is 4.96 Å². The molecule has 98 valence electrons. The lowest BCUT2D eigenvalue weighted by Gasteiger charge is -2.07. The smallest absolute Gasteiger partial charge is 0.194 e. The maximum atomic E-state index is 5.88. The molecule has 3 aromatic rings. The Labute approximate surface area is 120 Å². The van der Waals surface area contributed by atoms with Crippen LogP contribution in [-0.2, 0) is 6.54 Å². The summed E-state index contributed by atoms with van der Waals surface area (Å²) >= 11 is 7.56. The topological polar surface area (TPSA) is 29.3 Å². The molecule has 1 aromatic carbocycles. The average Bonchev–Trinajstić information content (AvgIpc) is 2.89. The van der Waals surface area contributed by atoms with Crippen molar-refractivity contribution in [1.82, 2.24) is 9.38 Å². The molecule has 19 heavy (non-hydrogen) atoms. The highest BCUT2D eigenvalue weighted by Gasteiger charge is 2.11. The number of aryl methyl sites for hydroxylation is 2. The first-order chi connectivity index (χ1) is 9.15. The zero-order valence-corrected chi connectivity index (χ0v) is 12.3. The molecular weight excluding hydrogens is 278 g/mol. The predicted molar refractivity (Wildman–Crippen MR) is 81.3 cm³/mol. The Balaban J connectivity index is 1.87. The Kier molecular flexibility index (Phi) is 3.21. The number of thiazole rings is 1. The number of hydrogen-bond acceptors (Lipinski definition) is 3. The minimum atomic E-state index is 0.752. The van der Waals surface area contributed by atoms with Gasteiger partial charge in [0.15, 0.2) is 4.96 Å². The number of imidazole rings is 1. The summed E-state index contributed by atoms with van der Waals surface area (Å²) in [6.45, 7) is 4.92. The number of nitrogens with zero attached hydrogens (tertiary/aromatic N) is 2. The molecule has 0 spiro atoms. The normalized spacial score (nSPS) is 11.1. The van der Waals surface area contributed by atoms with E-state index >= 15 is 0 Å². The first kappa shape index (κ1) is 12.5. The minimum Gasteiger partial charge on any atom is -0.379 e. The zero-order valence-electron chi connectivity index (χ0n) is 10.8. The van der Waals surface area contributed by atoms with Crippen LogP contribution < -0.4 is 5.32 Å². The van der Waals surface area contributed by atoms with E-state index in [0.29, 0.717) is 0 Å². The fraction of sp³-hybridized carbons (Fsp3) is 0.214. The number of nitrogens with one attached hydrogen (secondary N) is 1. The monoisotopic (exact) mass is 291 g/mol. The van der Waals surface area contributed by atoms with E-state index in [1.165, 1.54) is 11.4 Å². The second-order valence-electron chi connectivity index (χ2n) is 4.50. The van der Waals surface area contributed by atoms with Crippen LogP contribution in [0, 0.1) is 13.8 Å². The maximum Gasteiger partial charge on any atom is 0.194 e. The van der Waals surface area contributed by atoms with E-state index in [4.69, 9.17) is 11.6 Å². The summed E-state index contributed by atoms with van der Waals surface area (Å²) in [7, 11) is 0. The molecule has 0 aliphatic carbocycles. The minimum absolute atomic E-state index is 0.752. The largest absolute Gasteiger partial charge is 0.379 e. The van der Waals surface area contributed by atoms with Crippen LogP contribution in [0.4, 0.5) is 5.69 Å². The van der Waals surface area contributed by atoms with Crippen molar-refractivity contribution in [3.05, 3.63) is 51.7 Å². The molecule has 0 saturated carbocycles. The second-order valence-corrected chi connectivity index (χ2v) is 5.77. The van der Waals surface area contributed by atoms with Gasteiger partial charge >= 0.3 is 0 Å². The molecule has 0 fully saturated rings. The van der Waals surface area contributed by atoms with Gasteiger partial charge in [0, 0.05) is 21.8 Å². The third-order valence-electron chi connectivity index (χ3n) is 3.13. The van der Waals surface area contributed by atoms with Gasteiger partial charge in [-0.2, -0.15) is 0 Å². The molecule has 0 amide bonds. The highest BCUT2D eigenvalue weighted by molar-refractivity contribution is 7.15. The number of benzene rings is 1. The third kappa shape index (κ3) is 2.33. The number of aromatic nitrogens is 2. The molecule has 3 nitrogen and oxygen atoms in total. The number of rotatable bonds is 3. The maximum absolute atomic E-state index is 5.88. The van der Waals surface area contributed by atoms with Crippen LogP contribution in [0.2, 0.25) is 5.02 Å². The summed E-state index contributed by atoms with van der Waals surface area (Å²) in [5.41, 5.74) is 4.58. The number of halogens is 1. The van der Waals surface area contributed by atoms with Crippen LogP contribution in [-0.4, -0.2) is 9.38 Å². The van der Waals surface area contributed by atoms with Crippen molar-refractivity contribution in [1.29, 1.82) is 0 Å². The second kappa shape index (κ2) is 4.87. The predicted octanol–water partition coefficient (Wildman–Crippen LogP) is 4.28. The van der Waals surface area contributed by atoms with Gasteiger partial charge in [0.1, 0.15) is 0 Å². The van der Waals surface area contributed by atoms with Crippen LogP contribution in [0.3, 0.4) is 0 Å². The van der Waals surface area contributed by atoms with Crippen molar-refractivity contribution in [3.63, 3.8) is 0 Å². The summed E-state index contributed by atoms with van der Waals surface area (Å²) in [5.74, 6) is 0. The molecule has 0 aliphatic heterocycles. The van der Waals surface area contributed by atoms with E-state index in [2.05, 4.69) is 33.9 Å². The fourth-order valence-electron chi connectivity index (χ4n) is 2.13. The Hall–Kier alpha value is -1.52. The van der Waals surface area contributed by atoms with Crippen LogP contribution in [0.15, 0.2) is 29.6 Å². The summed E-state index contributed by atoms with van der Waals surface area (Å²) in [5, 5.41) is 6.29. The van der Waals surface area contributed by atoms with Crippen molar-refractivity contribution in [3.8, 4) is 0 Å². The summed E-state index contributed by atoms with van der Waals surface area (Å²) in [6.07, 6.45) is 0. The number of fused-ring (bicyclic) bond motifs is 1. The highest BCUT2D eigenvalue weighted by atomic mass is 35.5. The molecule has 5 heteroatoms. The molecule has 0 bridgehead atoms. The van der Waals surface area contributed by atoms with Crippen LogP contribution in [0.5, 0.6) is 0 Å². The van der Waals surface area contributed by atoms with Crippen molar-refractivity contribution < 1.29 is 0 Å². The third-order valence-corrected chi connectivity index (χ3v) is 4.33. The fourth-order valence-corrected chi connectivity index (χ4v) is 3.19. The van der Waals surface area contributed by atoms with E-state index in [9.17, 15) is 0 Å². The Bertz CT molecular complexity index is 712. The lowest BCUT2D eigenvalue weighted by molar-refractivity contribution is 0.966. The summed E-state index contributed by atoms with van der Waals surface area (Å²) in [4.78, 5) is 5.64. The van der Waals surface area contributed by atoms with Gasteiger partial charge in [-0.1, -0.05) is 11.6 Å². The Morgan fingerprint density at radius 2 is 2.00 bits per heavy atom. The number of anilines is 1. The molecule has 0 aliphatic rings. The Morgan fingerprint density at radius 3 is 2.74 bits per heavy atom. The van der Waals surface area contributed by atoms with Gasteiger partial charge in [0.05, 0.1) is 17.9 Å². The molecule has 2 heterocycles. The molecule has 0 atom stereocenters. The van der Waals surface area contributed by atoms with Gasteiger partial charge in [-0.3, -0.25) is 4.40 Å². The first-order valence-electron chi connectivity index (χ1n) is 6.06. The van der Waals surface area contributed by atoms with Gasteiger partial charge in [-0.25, -0.2) is 4.98 Å². The van der Waals surface area contributed by atoms with E-state index in [1.54, 1.807) is 11.3 Å². The van der Waals surface area contributed by atoms with Gasteiger partial charge in [0.2, 0.25) is 0 Å². The highest BCUT2D eigenvalue weighted by Crippen LogP contribution is 2.21. The van der Waals surface area contributed by atoms with E-state index in [1.807, 2.05) is 24.3 Å². The molecule has 3 rings (SSSR count). The standard InChI is InChI=1S/C14H14ClN3S/c1-9-8-19-14-17-10(2)13(18(9)14)7-16-12-5-3-11(15)4-6-12/h3-6,8,16H,7H2,1-2H3. The molecule has 0 saturated heterocycles. The summed E-state index contributed by atoms with van der Waals surface area (Å²) < 4.78 is 2.21. The van der Waals surface area contributed by atoms with Gasteiger partial charge in [-0.15, -0.1) is 11.3 Å². The molecule has 1 N–H and O–H groups in total. The van der Waals surface area contributed by atoms with Crippen LogP contribution in [0.1, 0.15) is 17.1 Å². The van der Waals surface area contributed by atoms with Crippen molar-refractivity contribution in [2.45, 2.75) is 20.4 Å². The molecular formula is C14H14ClN3S. The van der Waals surface area contributed by atoms with Crippen molar-refractivity contribution >= 4 is 33.6 Å². The SMILES string of the molecule is Cc1nc2scc(C)n2c1CNc1ccc(Cl)cc1. The van der Waals surface area contributed by atoms with Gasteiger partial charge in [0.25, 0.3) is 0 Å². The van der Waals surface area contributed by atoms with E-state index < -0.39 is 0 Å². The lowest BCUT2D eigenvalue weighted by atomic mass is 10.3. The average molecular weight is 292 g/mol. The molecule has 0 radical (unpaired) electrons. The lowest BCUT2D eigenvalue weighted by Crippen LogP contribution is -2.04. The van der Waals surface area contributed by atoms with Gasteiger partial charge in [-0.05, 0) is 38.1 Å². The zero-order chi connectivity index (χ0) is 13.4. The van der Waals surface area contributed by atoms with E-state index in [-0.39, 0.29) is 0 Å². The Morgan fingerprint density at radius 1 is 1.26 bits per heavy atom. The first-order valence-corrected chi connectivity index (χ1v) is 7.32. The van der Waals surface area contributed by atoms with E-state index in [0.717, 1.165) is 27.9 Å². The van der Waals surface area contributed by atoms with Gasteiger partial charge < -0.3 is 5.32 Å². The number of hydrogen-bond donors (Lipinski definition) is 1. The van der Waals surface area contributed by atoms with Crippen molar-refractivity contribution in [2.24, 2.45) is 0 Å². The van der Waals surface area contributed by atoms with Crippen molar-refractivity contribution in [2.75, 3.05) is 5.32 Å².